The lowest BCUT2D eigenvalue weighted by Crippen LogP contribution is -2.27. The summed E-state index contributed by atoms with van der Waals surface area (Å²) in [6, 6.07) is 10.3. The highest BCUT2D eigenvalue weighted by atomic mass is 19.4. The second-order valence-electron chi connectivity index (χ2n) is 9.49. The topological polar surface area (TPSA) is 41.8 Å². The summed E-state index contributed by atoms with van der Waals surface area (Å²) in [6.07, 6.45) is 1.06. The first-order chi connectivity index (χ1) is 15.5. The highest BCUT2D eigenvalue weighted by molar-refractivity contribution is 6.38. The van der Waals surface area contributed by atoms with Crippen molar-refractivity contribution in [2.45, 2.75) is 76.5 Å². The molecule has 0 heterocycles. The quantitative estimate of drug-likeness (QED) is 0.375. The summed E-state index contributed by atoms with van der Waals surface area (Å²) >= 11 is 0. The third-order valence-corrected chi connectivity index (χ3v) is 6.46. The predicted molar refractivity (Wildman–Crippen MR) is 131 cm³/mol. The zero-order chi connectivity index (χ0) is 24.2. The number of halogens is 3. The molecule has 1 fully saturated rings. The lowest BCUT2D eigenvalue weighted by Gasteiger charge is -2.25. The molecule has 3 rings (SSSR count). The fourth-order valence-corrected chi connectivity index (χ4v) is 4.67. The van der Waals surface area contributed by atoms with Gasteiger partial charge in [-0.25, -0.2) is 0 Å². The molecular formula is C25H32B2F3NO2. The molecule has 8 heteroatoms. The fourth-order valence-electron chi connectivity index (χ4n) is 4.67. The average Bonchev–Trinajstić information content (AvgIpc) is 2.78. The van der Waals surface area contributed by atoms with Crippen molar-refractivity contribution in [3.63, 3.8) is 0 Å². The lowest BCUT2D eigenvalue weighted by atomic mass is 9.60. The molecule has 0 aromatic heterocycles. The number of hydrogen-bond donors (Lipinski definition) is 1. The number of aliphatic hydroxyl groups is 1. The molecule has 1 aliphatic rings. The molecule has 0 unspecified atom stereocenters. The van der Waals surface area contributed by atoms with Crippen LogP contribution in [0.4, 0.5) is 13.2 Å². The molecule has 0 spiro atoms. The minimum absolute atomic E-state index is 0.0229. The van der Waals surface area contributed by atoms with Gasteiger partial charge in [-0.1, -0.05) is 55.6 Å². The van der Waals surface area contributed by atoms with E-state index in [1.807, 2.05) is 25.1 Å². The van der Waals surface area contributed by atoms with Crippen molar-refractivity contribution in [2.24, 2.45) is 5.16 Å². The molecule has 0 radical (unpaired) electrons. The van der Waals surface area contributed by atoms with Crippen molar-refractivity contribution in [1.82, 2.24) is 0 Å². The van der Waals surface area contributed by atoms with Crippen LogP contribution < -0.4 is 0 Å². The molecule has 0 bridgehead atoms. The zero-order valence-corrected chi connectivity index (χ0v) is 19.9. The van der Waals surface area contributed by atoms with E-state index in [9.17, 15) is 18.3 Å². The van der Waals surface area contributed by atoms with Crippen LogP contribution in [0.25, 0.3) is 0 Å². The Morgan fingerprint density at radius 2 is 1.76 bits per heavy atom. The van der Waals surface area contributed by atoms with Crippen LogP contribution in [0.3, 0.4) is 0 Å². The Hall–Kier alpha value is -2.21. The molecule has 0 atom stereocenters. The Labute approximate surface area is 196 Å². The van der Waals surface area contributed by atoms with Gasteiger partial charge in [0.05, 0.1) is 11.3 Å². The number of rotatable bonds is 7. The molecule has 3 nitrogen and oxygen atoms in total. The Morgan fingerprint density at radius 1 is 1.06 bits per heavy atom. The summed E-state index contributed by atoms with van der Waals surface area (Å²) in [5, 5.41) is 13.5. The molecule has 176 valence electrons. The molecule has 1 aliphatic carbocycles. The summed E-state index contributed by atoms with van der Waals surface area (Å²) in [4.78, 5) is 5.43. The summed E-state index contributed by atoms with van der Waals surface area (Å²) < 4.78 is 41.3. The SMILES string of the molecule is BC(B)(O)c1ccc(/C(C)=N/OCc2ccc(C3CCCCC3)c(C(F)(F)F)c2)cc1CC. The van der Waals surface area contributed by atoms with Crippen LogP contribution in [-0.4, -0.2) is 26.5 Å². The predicted octanol–water partition coefficient (Wildman–Crippen LogP) is 4.63. The molecule has 0 aliphatic heterocycles. The van der Waals surface area contributed by atoms with Gasteiger partial charge in [0.25, 0.3) is 0 Å². The van der Waals surface area contributed by atoms with Crippen LogP contribution >= 0.6 is 0 Å². The standard InChI is InChI=1S/C25H32B2F3NO2/c1-3-18-14-20(10-12-22(18)24(26,27)32)16(2)31-33-15-17-9-11-21(19-7-5-4-6-8-19)23(13-17)25(28,29)30/h9-14,19,32H,3-8,15,26-27H2,1-2H3/b31-16+. The van der Waals surface area contributed by atoms with E-state index in [0.717, 1.165) is 55.2 Å². The van der Waals surface area contributed by atoms with Gasteiger partial charge < -0.3 is 9.94 Å². The minimum atomic E-state index is -4.39. The molecule has 1 saturated carbocycles. The maximum Gasteiger partial charge on any atom is 0.416 e. The van der Waals surface area contributed by atoms with Gasteiger partial charge in [-0.2, -0.15) is 13.2 Å². The molecule has 0 amide bonds. The summed E-state index contributed by atoms with van der Waals surface area (Å²) in [6.45, 7) is 3.78. The Kier molecular flexibility index (Phi) is 7.99. The Bertz CT molecular complexity index is 994. The van der Waals surface area contributed by atoms with Crippen molar-refractivity contribution in [3.8, 4) is 0 Å². The van der Waals surface area contributed by atoms with Gasteiger partial charge in [-0.05, 0) is 72.1 Å². The number of hydrogen-bond acceptors (Lipinski definition) is 3. The first-order valence-electron chi connectivity index (χ1n) is 11.7. The second kappa shape index (κ2) is 10.4. The minimum Gasteiger partial charge on any atom is -0.403 e. The van der Waals surface area contributed by atoms with Crippen molar-refractivity contribution < 1.29 is 23.1 Å². The zero-order valence-electron chi connectivity index (χ0n) is 19.9. The van der Waals surface area contributed by atoms with Crippen molar-refractivity contribution in [1.29, 1.82) is 0 Å². The van der Waals surface area contributed by atoms with Crippen LogP contribution in [0.5, 0.6) is 0 Å². The molecule has 2 aromatic carbocycles. The summed E-state index contributed by atoms with van der Waals surface area (Å²) in [5.41, 5.74) is 3.66. The maximum atomic E-state index is 13.8. The van der Waals surface area contributed by atoms with E-state index in [4.69, 9.17) is 4.84 Å². The number of oxime groups is 1. The normalized spacial score (nSPS) is 16.1. The molecule has 33 heavy (non-hydrogen) atoms. The molecular weight excluding hydrogens is 425 g/mol. The lowest BCUT2D eigenvalue weighted by molar-refractivity contribution is -0.138. The third kappa shape index (κ3) is 6.44. The van der Waals surface area contributed by atoms with Gasteiger partial charge in [0, 0.05) is 5.40 Å². The van der Waals surface area contributed by atoms with E-state index in [0.29, 0.717) is 16.8 Å². The second-order valence-corrected chi connectivity index (χ2v) is 9.49. The fraction of sp³-hybridized carbons (Fsp3) is 0.480. The van der Waals surface area contributed by atoms with Gasteiger partial charge in [-0.15, -0.1) is 0 Å². The number of aryl methyl sites for hydroxylation is 1. The van der Waals surface area contributed by atoms with Gasteiger partial charge in [-0.3, -0.25) is 0 Å². The van der Waals surface area contributed by atoms with Crippen molar-refractivity contribution in [2.75, 3.05) is 0 Å². The van der Waals surface area contributed by atoms with Crippen molar-refractivity contribution in [3.05, 3.63) is 69.8 Å². The third-order valence-electron chi connectivity index (χ3n) is 6.46. The average molecular weight is 457 g/mol. The van der Waals surface area contributed by atoms with E-state index in [-0.39, 0.29) is 12.5 Å². The maximum absolute atomic E-state index is 13.8. The largest absolute Gasteiger partial charge is 0.416 e. The van der Waals surface area contributed by atoms with E-state index in [2.05, 4.69) is 5.16 Å². The van der Waals surface area contributed by atoms with Gasteiger partial charge in [0.15, 0.2) is 0 Å². The van der Waals surface area contributed by atoms with Crippen LogP contribution in [0, 0.1) is 0 Å². The summed E-state index contributed by atoms with van der Waals surface area (Å²) in [7, 11) is 3.50. The number of benzene rings is 2. The Balaban J connectivity index is 1.75. The van der Waals surface area contributed by atoms with Gasteiger partial charge in [0.2, 0.25) is 0 Å². The first kappa shape index (κ1) is 25.4. The van der Waals surface area contributed by atoms with E-state index in [1.165, 1.54) is 6.07 Å². The van der Waals surface area contributed by atoms with Crippen molar-refractivity contribution >= 4 is 21.4 Å². The monoisotopic (exact) mass is 457 g/mol. The van der Waals surface area contributed by atoms with Crippen LogP contribution in [0.1, 0.15) is 85.3 Å². The summed E-state index contributed by atoms with van der Waals surface area (Å²) in [5.74, 6) is -0.0229. The highest BCUT2D eigenvalue weighted by Gasteiger charge is 2.35. The molecule has 1 N–H and O–H groups in total. The number of nitrogens with zero attached hydrogens (tertiary/aromatic N) is 1. The van der Waals surface area contributed by atoms with Crippen LogP contribution in [0.2, 0.25) is 0 Å². The molecule has 2 aromatic rings. The van der Waals surface area contributed by atoms with E-state index < -0.39 is 17.1 Å². The number of alkyl halides is 3. The smallest absolute Gasteiger partial charge is 0.403 e. The molecule has 0 saturated heterocycles. The van der Waals surface area contributed by atoms with Crippen LogP contribution in [-0.2, 0) is 29.4 Å². The Morgan fingerprint density at radius 3 is 2.36 bits per heavy atom. The van der Waals surface area contributed by atoms with Gasteiger partial charge >= 0.3 is 6.18 Å². The van der Waals surface area contributed by atoms with E-state index in [1.54, 1.807) is 34.7 Å². The van der Waals surface area contributed by atoms with Gasteiger partial charge in [0.1, 0.15) is 22.3 Å². The van der Waals surface area contributed by atoms with E-state index >= 15 is 0 Å². The van der Waals surface area contributed by atoms with Crippen LogP contribution in [0.15, 0.2) is 41.6 Å². The highest BCUT2D eigenvalue weighted by Crippen LogP contribution is 2.41. The first-order valence-corrected chi connectivity index (χ1v) is 11.7.